The van der Waals surface area contributed by atoms with Crippen LogP contribution in [0.2, 0.25) is 0 Å². The average Bonchev–Trinajstić information content (AvgIpc) is 2.41. The van der Waals surface area contributed by atoms with Crippen LogP contribution in [0.15, 0.2) is 0 Å². The Balaban J connectivity index is 1.82. The zero-order valence-electron chi connectivity index (χ0n) is 9.92. The van der Waals surface area contributed by atoms with E-state index in [1.807, 2.05) is 0 Å². The molecule has 0 heterocycles. The van der Waals surface area contributed by atoms with Crippen LogP contribution in [0.4, 0.5) is 0 Å². The molecule has 15 heavy (non-hydrogen) atoms. The molecule has 4 fully saturated rings. The number of fused-ring (bicyclic) bond motifs is 2. The summed E-state index contributed by atoms with van der Waals surface area (Å²) in [5.41, 5.74) is 0.583. The first-order valence-corrected chi connectivity index (χ1v) is 6.68. The van der Waals surface area contributed by atoms with Crippen molar-refractivity contribution in [1.82, 2.24) is 0 Å². The SMILES string of the molecule is CC(C)(O)C12CC3CC4CC(C1)C4(C3)C2. The predicted octanol–water partition coefficient (Wildman–Crippen LogP) is 2.97. The summed E-state index contributed by atoms with van der Waals surface area (Å²) in [5.74, 6) is 3.00. The summed E-state index contributed by atoms with van der Waals surface area (Å²) in [7, 11) is 0. The molecule has 1 spiro atoms. The third-order valence-corrected chi connectivity index (χ3v) is 6.76. The number of aliphatic hydroxyl groups is 1. The molecule has 4 rings (SSSR count). The molecule has 0 aliphatic heterocycles. The van der Waals surface area contributed by atoms with Crippen LogP contribution in [0.5, 0.6) is 0 Å². The van der Waals surface area contributed by atoms with Crippen LogP contribution in [0, 0.1) is 28.6 Å². The molecule has 4 saturated carbocycles. The van der Waals surface area contributed by atoms with E-state index < -0.39 is 5.60 Å². The monoisotopic (exact) mass is 206 g/mol. The van der Waals surface area contributed by atoms with E-state index in [2.05, 4.69) is 13.8 Å². The summed E-state index contributed by atoms with van der Waals surface area (Å²) in [6.07, 6.45) is 8.52. The Morgan fingerprint density at radius 1 is 1.07 bits per heavy atom. The average molecular weight is 206 g/mol. The molecule has 0 radical (unpaired) electrons. The molecule has 0 amide bonds. The molecular formula is C14H22O. The van der Waals surface area contributed by atoms with Crippen molar-refractivity contribution >= 4 is 0 Å². The van der Waals surface area contributed by atoms with Gasteiger partial charge in [-0.2, -0.15) is 0 Å². The van der Waals surface area contributed by atoms with Crippen molar-refractivity contribution in [2.45, 2.75) is 58.0 Å². The van der Waals surface area contributed by atoms with E-state index in [9.17, 15) is 5.11 Å². The fourth-order valence-corrected chi connectivity index (χ4v) is 6.07. The minimum Gasteiger partial charge on any atom is -0.390 e. The Kier molecular flexibility index (Phi) is 1.30. The van der Waals surface area contributed by atoms with Gasteiger partial charge in [-0.25, -0.2) is 0 Å². The third kappa shape index (κ3) is 0.800. The van der Waals surface area contributed by atoms with Crippen molar-refractivity contribution in [3.05, 3.63) is 0 Å². The van der Waals surface area contributed by atoms with Crippen LogP contribution in [-0.4, -0.2) is 10.7 Å². The molecule has 1 heteroatoms. The van der Waals surface area contributed by atoms with Gasteiger partial charge in [0.1, 0.15) is 0 Å². The summed E-state index contributed by atoms with van der Waals surface area (Å²) in [4.78, 5) is 0. The Labute approximate surface area is 92.3 Å². The first kappa shape index (κ1) is 9.04. The second-order valence-corrected chi connectivity index (χ2v) is 7.59. The van der Waals surface area contributed by atoms with Gasteiger partial charge in [-0.05, 0) is 81.0 Å². The highest BCUT2D eigenvalue weighted by molar-refractivity contribution is 5.22. The van der Waals surface area contributed by atoms with Gasteiger partial charge in [-0.3, -0.25) is 0 Å². The van der Waals surface area contributed by atoms with Gasteiger partial charge in [0.05, 0.1) is 5.60 Å². The third-order valence-electron chi connectivity index (χ3n) is 6.76. The maximum Gasteiger partial charge on any atom is 0.0648 e. The summed E-state index contributed by atoms with van der Waals surface area (Å²) in [6, 6.07) is 0. The van der Waals surface area contributed by atoms with Crippen LogP contribution in [-0.2, 0) is 0 Å². The molecule has 3 bridgehead atoms. The quantitative estimate of drug-likeness (QED) is 0.699. The van der Waals surface area contributed by atoms with Gasteiger partial charge in [0.25, 0.3) is 0 Å². The van der Waals surface area contributed by atoms with Crippen LogP contribution in [0.1, 0.15) is 52.4 Å². The van der Waals surface area contributed by atoms with E-state index in [1.54, 1.807) is 0 Å². The maximum absolute atomic E-state index is 10.5. The van der Waals surface area contributed by atoms with Crippen molar-refractivity contribution in [2.24, 2.45) is 28.6 Å². The van der Waals surface area contributed by atoms with Gasteiger partial charge in [-0.15, -0.1) is 0 Å². The van der Waals surface area contributed by atoms with Gasteiger partial charge >= 0.3 is 0 Å². The molecular weight excluding hydrogens is 184 g/mol. The van der Waals surface area contributed by atoms with Gasteiger partial charge in [0.2, 0.25) is 0 Å². The fourth-order valence-electron chi connectivity index (χ4n) is 6.07. The summed E-state index contributed by atoms with van der Waals surface area (Å²) in [5, 5.41) is 10.5. The van der Waals surface area contributed by atoms with Gasteiger partial charge < -0.3 is 5.11 Å². The van der Waals surface area contributed by atoms with E-state index in [4.69, 9.17) is 0 Å². The van der Waals surface area contributed by atoms with Gasteiger partial charge in [-0.1, -0.05) is 0 Å². The highest BCUT2D eigenvalue weighted by Crippen LogP contribution is 2.80. The zero-order valence-corrected chi connectivity index (χ0v) is 9.92. The summed E-state index contributed by atoms with van der Waals surface area (Å²) in [6.45, 7) is 4.13. The number of hydrogen-bond acceptors (Lipinski definition) is 1. The Bertz CT molecular complexity index is 325. The molecule has 4 aliphatic rings. The van der Waals surface area contributed by atoms with Gasteiger partial charge in [0.15, 0.2) is 0 Å². The Morgan fingerprint density at radius 2 is 1.87 bits per heavy atom. The maximum atomic E-state index is 10.5. The number of hydrogen-bond donors (Lipinski definition) is 1. The second kappa shape index (κ2) is 2.16. The highest BCUT2D eigenvalue weighted by Gasteiger charge is 2.73. The van der Waals surface area contributed by atoms with E-state index in [-0.39, 0.29) is 0 Å². The fraction of sp³-hybridized carbons (Fsp3) is 1.00. The van der Waals surface area contributed by atoms with Crippen LogP contribution in [0.3, 0.4) is 0 Å². The topological polar surface area (TPSA) is 20.2 Å². The molecule has 0 aromatic heterocycles. The summed E-state index contributed by atoms with van der Waals surface area (Å²) >= 11 is 0. The van der Waals surface area contributed by atoms with E-state index in [0.717, 1.165) is 23.2 Å². The van der Waals surface area contributed by atoms with Crippen LogP contribution >= 0.6 is 0 Å². The van der Waals surface area contributed by atoms with Gasteiger partial charge in [0, 0.05) is 0 Å². The Morgan fingerprint density at radius 3 is 2.60 bits per heavy atom. The molecule has 0 saturated heterocycles. The highest BCUT2D eigenvalue weighted by atomic mass is 16.3. The van der Waals surface area contributed by atoms with E-state index >= 15 is 0 Å². The lowest BCUT2D eigenvalue weighted by Crippen LogP contribution is -2.46. The predicted molar refractivity (Wildman–Crippen MR) is 59.3 cm³/mol. The minimum atomic E-state index is -0.440. The smallest absolute Gasteiger partial charge is 0.0648 e. The molecule has 0 aromatic rings. The van der Waals surface area contributed by atoms with Crippen LogP contribution < -0.4 is 0 Å². The number of rotatable bonds is 1. The first-order valence-electron chi connectivity index (χ1n) is 6.68. The normalized spacial score (nSPS) is 60.6. The molecule has 5 atom stereocenters. The van der Waals surface area contributed by atoms with Crippen LogP contribution in [0.25, 0.3) is 0 Å². The molecule has 84 valence electrons. The molecule has 0 aromatic carbocycles. The lowest BCUT2D eigenvalue weighted by Gasteiger charge is -2.50. The first-order chi connectivity index (χ1) is 6.95. The molecule has 4 aliphatic carbocycles. The van der Waals surface area contributed by atoms with Crippen molar-refractivity contribution < 1.29 is 5.11 Å². The van der Waals surface area contributed by atoms with Crippen molar-refractivity contribution in [3.8, 4) is 0 Å². The summed E-state index contributed by atoms with van der Waals surface area (Å²) < 4.78 is 0. The van der Waals surface area contributed by atoms with E-state index in [1.165, 1.54) is 38.5 Å². The van der Waals surface area contributed by atoms with Crippen molar-refractivity contribution in [1.29, 1.82) is 0 Å². The molecule has 1 N–H and O–H groups in total. The van der Waals surface area contributed by atoms with Crippen molar-refractivity contribution in [3.63, 3.8) is 0 Å². The standard InChI is InChI=1S/C14H22O/c1-12(2,15)13-5-9-3-10-4-11(7-13)14(10,6-9)8-13/h9-11,15H,3-8H2,1-2H3. The van der Waals surface area contributed by atoms with E-state index in [0.29, 0.717) is 5.41 Å². The minimum absolute atomic E-state index is 0.297. The second-order valence-electron chi connectivity index (χ2n) is 7.59. The largest absolute Gasteiger partial charge is 0.390 e. The molecule has 1 nitrogen and oxygen atoms in total. The zero-order chi connectivity index (χ0) is 10.5. The lowest BCUT2D eigenvalue weighted by molar-refractivity contribution is -0.0819. The molecule has 5 unspecified atom stereocenters. The van der Waals surface area contributed by atoms with Crippen molar-refractivity contribution in [2.75, 3.05) is 0 Å². The lowest BCUT2D eigenvalue weighted by atomic mass is 9.55. The Hall–Kier alpha value is -0.0400.